The van der Waals surface area contributed by atoms with Crippen molar-refractivity contribution in [1.29, 1.82) is 0 Å². The van der Waals surface area contributed by atoms with E-state index in [1.165, 1.54) is 6.07 Å². The molecule has 7 nitrogen and oxygen atoms in total. The highest BCUT2D eigenvalue weighted by Gasteiger charge is 2.28. The lowest BCUT2D eigenvalue weighted by molar-refractivity contribution is -0.115. The fourth-order valence-corrected chi connectivity index (χ4v) is 2.89. The van der Waals surface area contributed by atoms with Gasteiger partial charge >= 0.3 is 6.09 Å². The molecule has 0 radical (unpaired) electrons. The van der Waals surface area contributed by atoms with Gasteiger partial charge in [0.1, 0.15) is 11.4 Å². The Hall–Kier alpha value is -2.90. The average molecular weight is 374 g/mol. The molecular weight excluding hydrogens is 351 g/mol. The van der Waals surface area contributed by atoms with Crippen LogP contribution in [0.5, 0.6) is 0 Å². The molecule has 0 spiro atoms. The number of nitrogens with zero attached hydrogens (tertiary/aromatic N) is 2. The normalized spacial score (nSPS) is 13.9. The first-order valence-corrected chi connectivity index (χ1v) is 8.80. The number of fused-ring (bicyclic) bond motifs is 1. The third-order valence-electron chi connectivity index (χ3n) is 4.15. The number of halogens is 1. The van der Waals surface area contributed by atoms with Gasteiger partial charge in [0.05, 0.1) is 18.7 Å². The molecule has 2 N–H and O–H groups in total. The predicted octanol–water partition coefficient (Wildman–Crippen LogP) is 3.02. The number of amides is 2. The van der Waals surface area contributed by atoms with Gasteiger partial charge in [0.2, 0.25) is 5.91 Å². The topological polar surface area (TPSA) is 87.3 Å². The van der Waals surface area contributed by atoms with E-state index < -0.39 is 11.4 Å². The molecule has 27 heavy (non-hydrogen) atoms. The van der Waals surface area contributed by atoms with Crippen molar-refractivity contribution in [2.75, 3.05) is 11.9 Å². The molecule has 0 saturated heterocycles. The SMILES string of the molecule is CC(C)(C)OC(=O)N1CCc2c(NC(=O)Cc3ccccc3F)n[nH]c2C1. The Morgan fingerprint density at radius 1 is 1.33 bits per heavy atom. The Bertz CT molecular complexity index is 857. The highest BCUT2D eigenvalue weighted by molar-refractivity contribution is 5.92. The zero-order valence-electron chi connectivity index (χ0n) is 15.6. The van der Waals surface area contributed by atoms with E-state index in [0.717, 1.165) is 11.3 Å². The summed E-state index contributed by atoms with van der Waals surface area (Å²) in [4.78, 5) is 26.0. The lowest BCUT2D eigenvalue weighted by atomic mass is 10.1. The summed E-state index contributed by atoms with van der Waals surface area (Å²) in [6, 6.07) is 6.17. The van der Waals surface area contributed by atoms with Gasteiger partial charge in [-0.05, 0) is 38.8 Å². The van der Waals surface area contributed by atoms with Crippen LogP contribution in [0.25, 0.3) is 0 Å². The molecule has 1 aliphatic heterocycles. The number of hydrogen-bond donors (Lipinski definition) is 2. The molecule has 2 heterocycles. The largest absolute Gasteiger partial charge is 0.444 e. The minimum Gasteiger partial charge on any atom is -0.444 e. The highest BCUT2D eigenvalue weighted by Crippen LogP contribution is 2.25. The molecule has 2 aromatic rings. The summed E-state index contributed by atoms with van der Waals surface area (Å²) >= 11 is 0. The number of carbonyl (C=O) groups is 2. The molecule has 0 bridgehead atoms. The second kappa shape index (κ2) is 7.38. The summed E-state index contributed by atoms with van der Waals surface area (Å²) in [5, 5.41) is 9.73. The van der Waals surface area contributed by atoms with Gasteiger partial charge in [-0.15, -0.1) is 0 Å². The average Bonchev–Trinajstić information content (AvgIpc) is 2.97. The van der Waals surface area contributed by atoms with Crippen LogP contribution >= 0.6 is 0 Å². The van der Waals surface area contributed by atoms with Crippen LogP contribution in [0.3, 0.4) is 0 Å². The summed E-state index contributed by atoms with van der Waals surface area (Å²) in [6.07, 6.45) is 0.0894. The molecule has 0 saturated carbocycles. The minimum absolute atomic E-state index is 0.0711. The smallest absolute Gasteiger partial charge is 0.410 e. The van der Waals surface area contributed by atoms with Crippen molar-refractivity contribution in [2.24, 2.45) is 0 Å². The van der Waals surface area contributed by atoms with Crippen LogP contribution in [-0.2, 0) is 28.9 Å². The number of aromatic nitrogens is 2. The quantitative estimate of drug-likeness (QED) is 0.865. The van der Waals surface area contributed by atoms with E-state index >= 15 is 0 Å². The van der Waals surface area contributed by atoms with Gasteiger partial charge < -0.3 is 15.0 Å². The number of hydrogen-bond acceptors (Lipinski definition) is 4. The van der Waals surface area contributed by atoms with Gasteiger partial charge in [-0.1, -0.05) is 18.2 Å². The fraction of sp³-hybridized carbons (Fsp3) is 0.421. The lowest BCUT2D eigenvalue weighted by Crippen LogP contribution is -2.40. The number of rotatable bonds is 3. The Morgan fingerprint density at radius 3 is 2.78 bits per heavy atom. The summed E-state index contributed by atoms with van der Waals surface area (Å²) in [5.74, 6) is -0.330. The summed E-state index contributed by atoms with van der Waals surface area (Å²) in [6.45, 7) is 6.26. The standard InChI is InChI=1S/C19H23FN4O3/c1-19(2,3)27-18(26)24-9-8-13-15(11-24)22-23-17(13)21-16(25)10-12-6-4-5-7-14(12)20/h4-7H,8-11H2,1-3H3,(H2,21,22,23,25). The molecule has 0 fully saturated rings. The molecule has 1 aromatic heterocycles. The molecule has 1 aliphatic rings. The fourth-order valence-electron chi connectivity index (χ4n) is 2.89. The van der Waals surface area contributed by atoms with Gasteiger partial charge in [-0.25, -0.2) is 9.18 Å². The van der Waals surface area contributed by atoms with E-state index in [2.05, 4.69) is 15.5 Å². The maximum Gasteiger partial charge on any atom is 0.410 e. The number of ether oxygens (including phenoxy) is 1. The van der Waals surface area contributed by atoms with Crippen molar-refractivity contribution in [3.63, 3.8) is 0 Å². The maximum atomic E-state index is 13.7. The molecule has 8 heteroatoms. The molecule has 3 rings (SSSR count). The monoisotopic (exact) mass is 374 g/mol. The van der Waals surface area contributed by atoms with E-state index in [1.807, 2.05) is 20.8 Å². The molecule has 0 unspecified atom stereocenters. The zero-order chi connectivity index (χ0) is 19.6. The number of nitrogens with one attached hydrogen (secondary N) is 2. The van der Waals surface area contributed by atoms with Crippen LogP contribution in [0.2, 0.25) is 0 Å². The van der Waals surface area contributed by atoms with Crippen molar-refractivity contribution in [2.45, 2.75) is 45.8 Å². The number of anilines is 1. The van der Waals surface area contributed by atoms with E-state index in [0.29, 0.717) is 30.9 Å². The van der Waals surface area contributed by atoms with Crippen molar-refractivity contribution >= 4 is 17.8 Å². The zero-order valence-corrected chi connectivity index (χ0v) is 15.6. The van der Waals surface area contributed by atoms with Crippen molar-refractivity contribution in [3.05, 3.63) is 46.9 Å². The molecule has 0 aliphatic carbocycles. The second-order valence-electron chi connectivity index (χ2n) is 7.50. The van der Waals surface area contributed by atoms with Crippen LogP contribution < -0.4 is 5.32 Å². The van der Waals surface area contributed by atoms with E-state index in [9.17, 15) is 14.0 Å². The van der Waals surface area contributed by atoms with E-state index in [-0.39, 0.29) is 18.4 Å². The number of H-pyrrole nitrogens is 1. The summed E-state index contributed by atoms with van der Waals surface area (Å²) in [5.41, 5.74) is 1.39. The Labute approximate surface area is 156 Å². The molecule has 144 valence electrons. The van der Waals surface area contributed by atoms with Gasteiger partial charge in [0.15, 0.2) is 5.82 Å². The Balaban J connectivity index is 1.64. The number of carbonyl (C=O) groups excluding carboxylic acids is 2. The van der Waals surface area contributed by atoms with Crippen LogP contribution in [-0.4, -0.2) is 39.2 Å². The van der Waals surface area contributed by atoms with Gasteiger partial charge in [0.25, 0.3) is 0 Å². The second-order valence-corrected chi connectivity index (χ2v) is 7.50. The van der Waals surface area contributed by atoms with Gasteiger partial charge in [0, 0.05) is 12.1 Å². The van der Waals surface area contributed by atoms with Gasteiger partial charge in [-0.2, -0.15) is 5.10 Å². The molecule has 2 amide bonds. The Morgan fingerprint density at radius 2 is 2.07 bits per heavy atom. The van der Waals surface area contributed by atoms with Crippen LogP contribution in [0.15, 0.2) is 24.3 Å². The molecule has 0 atom stereocenters. The lowest BCUT2D eigenvalue weighted by Gasteiger charge is -2.29. The van der Waals surface area contributed by atoms with Gasteiger partial charge in [-0.3, -0.25) is 9.89 Å². The van der Waals surface area contributed by atoms with E-state index in [1.54, 1.807) is 23.1 Å². The number of benzene rings is 1. The summed E-state index contributed by atoms with van der Waals surface area (Å²) in [7, 11) is 0. The highest BCUT2D eigenvalue weighted by atomic mass is 19.1. The van der Waals surface area contributed by atoms with E-state index in [4.69, 9.17) is 4.74 Å². The predicted molar refractivity (Wildman–Crippen MR) is 97.7 cm³/mol. The molecule has 1 aromatic carbocycles. The first-order valence-electron chi connectivity index (χ1n) is 8.80. The first kappa shape index (κ1) is 18.9. The number of aromatic amines is 1. The van der Waals surface area contributed by atoms with Crippen LogP contribution in [0.4, 0.5) is 15.0 Å². The van der Waals surface area contributed by atoms with Crippen molar-refractivity contribution in [1.82, 2.24) is 15.1 Å². The van der Waals surface area contributed by atoms with Crippen LogP contribution in [0, 0.1) is 5.82 Å². The minimum atomic E-state index is -0.558. The molecular formula is C19H23FN4O3. The third kappa shape index (κ3) is 4.64. The van der Waals surface area contributed by atoms with Crippen molar-refractivity contribution in [3.8, 4) is 0 Å². The maximum absolute atomic E-state index is 13.7. The third-order valence-corrected chi connectivity index (χ3v) is 4.15. The van der Waals surface area contributed by atoms with Crippen LogP contribution in [0.1, 0.15) is 37.6 Å². The van der Waals surface area contributed by atoms with Crippen molar-refractivity contribution < 1.29 is 18.7 Å². The Kier molecular flexibility index (Phi) is 5.16. The first-order chi connectivity index (χ1) is 12.7. The summed E-state index contributed by atoms with van der Waals surface area (Å²) < 4.78 is 19.1.